The number of imide groups is 1. The van der Waals surface area contributed by atoms with Crippen molar-refractivity contribution in [1.82, 2.24) is 26.2 Å². The molecule has 1 aliphatic heterocycles. The maximum atomic E-state index is 13.4. The van der Waals surface area contributed by atoms with Crippen molar-refractivity contribution in [3.05, 3.63) is 35.4 Å². The fraction of sp³-hybridized carbons (Fsp3) is 0.667. The maximum Gasteiger partial charge on any atom is 0.408 e. The van der Waals surface area contributed by atoms with Crippen LogP contribution in [0.3, 0.4) is 0 Å². The van der Waals surface area contributed by atoms with Gasteiger partial charge in [0.25, 0.3) is 11.8 Å². The molecular formula is C36H58N6O8. The summed E-state index contributed by atoms with van der Waals surface area (Å²) in [5.41, 5.74) is 2.80. The Balaban J connectivity index is 1.94. The molecule has 0 bridgehead atoms. The van der Waals surface area contributed by atoms with Gasteiger partial charge in [0.15, 0.2) is 0 Å². The summed E-state index contributed by atoms with van der Waals surface area (Å²) in [6, 6.07) is 6.02. The van der Waals surface area contributed by atoms with Gasteiger partial charge in [-0.25, -0.2) is 9.59 Å². The van der Waals surface area contributed by atoms with E-state index in [4.69, 9.17) is 15.2 Å². The minimum absolute atomic E-state index is 0.178. The van der Waals surface area contributed by atoms with Gasteiger partial charge >= 0.3 is 12.2 Å². The number of fused-ring (bicyclic) bond motifs is 1. The molecule has 6 amide bonds. The van der Waals surface area contributed by atoms with Gasteiger partial charge in [0.2, 0.25) is 11.8 Å². The van der Waals surface area contributed by atoms with Gasteiger partial charge in [-0.1, -0.05) is 25.5 Å². The third-order valence-electron chi connectivity index (χ3n) is 8.21. The van der Waals surface area contributed by atoms with E-state index in [0.717, 1.165) is 0 Å². The van der Waals surface area contributed by atoms with Crippen LogP contribution < -0.4 is 27.0 Å². The molecule has 1 heterocycles. The maximum absolute atomic E-state index is 13.4. The van der Waals surface area contributed by atoms with Gasteiger partial charge in [-0.15, -0.1) is 0 Å². The number of benzene rings is 1. The molecule has 280 valence electrons. The summed E-state index contributed by atoms with van der Waals surface area (Å²) in [4.78, 5) is 78.6. The molecule has 2 rings (SSSR count). The van der Waals surface area contributed by atoms with Gasteiger partial charge in [-0.05, 0) is 106 Å². The third-order valence-corrected chi connectivity index (χ3v) is 8.21. The van der Waals surface area contributed by atoms with E-state index in [9.17, 15) is 28.8 Å². The Hall–Kier alpha value is -4.20. The molecule has 3 atom stereocenters. The third kappa shape index (κ3) is 12.3. The molecule has 0 aliphatic carbocycles. The van der Waals surface area contributed by atoms with Gasteiger partial charge in [0.05, 0.1) is 11.1 Å². The van der Waals surface area contributed by atoms with E-state index in [1.807, 2.05) is 6.92 Å². The zero-order chi connectivity index (χ0) is 37.9. The van der Waals surface area contributed by atoms with Gasteiger partial charge in [-0.2, -0.15) is 0 Å². The number of hydrogen-bond donors (Lipinski definition) is 5. The van der Waals surface area contributed by atoms with E-state index in [1.54, 1.807) is 79.7 Å². The van der Waals surface area contributed by atoms with E-state index in [2.05, 4.69) is 21.3 Å². The lowest BCUT2D eigenvalue weighted by Crippen LogP contribution is -2.66. The van der Waals surface area contributed by atoms with Gasteiger partial charge in [-0.3, -0.25) is 24.1 Å². The summed E-state index contributed by atoms with van der Waals surface area (Å²) < 4.78 is 10.8. The van der Waals surface area contributed by atoms with Crippen LogP contribution in [0.4, 0.5) is 9.59 Å². The second-order valence-corrected chi connectivity index (χ2v) is 15.2. The molecule has 0 radical (unpaired) electrons. The van der Waals surface area contributed by atoms with Crippen LogP contribution in [0.2, 0.25) is 0 Å². The lowest BCUT2D eigenvalue weighted by molar-refractivity contribution is -0.128. The molecule has 1 aromatic carbocycles. The largest absolute Gasteiger partial charge is 0.444 e. The van der Waals surface area contributed by atoms with E-state index in [1.165, 1.54) is 4.90 Å². The van der Waals surface area contributed by atoms with E-state index >= 15 is 0 Å². The van der Waals surface area contributed by atoms with Crippen molar-refractivity contribution in [2.45, 2.75) is 136 Å². The fourth-order valence-corrected chi connectivity index (χ4v) is 5.42. The Labute approximate surface area is 296 Å². The first-order valence-corrected chi connectivity index (χ1v) is 17.4. The van der Waals surface area contributed by atoms with Crippen LogP contribution in [0.15, 0.2) is 24.3 Å². The number of ether oxygens (including phenoxy) is 2. The summed E-state index contributed by atoms with van der Waals surface area (Å²) in [5.74, 6) is -1.56. The first-order valence-electron chi connectivity index (χ1n) is 17.4. The van der Waals surface area contributed by atoms with Gasteiger partial charge < -0.3 is 36.5 Å². The number of nitrogens with one attached hydrogen (secondary N) is 4. The van der Waals surface area contributed by atoms with Crippen LogP contribution in [0, 0.1) is 0 Å². The molecule has 1 aliphatic rings. The molecule has 3 unspecified atom stereocenters. The van der Waals surface area contributed by atoms with Crippen molar-refractivity contribution in [2.75, 3.05) is 19.6 Å². The summed E-state index contributed by atoms with van der Waals surface area (Å²) in [7, 11) is 0. The first kappa shape index (κ1) is 42.0. The number of amides is 6. The second-order valence-electron chi connectivity index (χ2n) is 15.2. The second kappa shape index (κ2) is 17.6. The summed E-state index contributed by atoms with van der Waals surface area (Å²) in [6.07, 6.45) is 1.82. The minimum atomic E-state index is -1.40. The molecule has 0 spiro atoms. The number of rotatable bonds is 17. The molecule has 14 heteroatoms. The lowest BCUT2D eigenvalue weighted by atomic mass is 9.88. The Morgan fingerprint density at radius 1 is 0.820 bits per heavy atom. The number of nitrogens with zero attached hydrogens (tertiary/aromatic N) is 1. The molecule has 50 heavy (non-hydrogen) atoms. The minimum Gasteiger partial charge on any atom is -0.444 e. The van der Waals surface area contributed by atoms with Crippen LogP contribution in [0.1, 0.15) is 128 Å². The van der Waals surface area contributed by atoms with Crippen molar-refractivity contribution < 1.29 is 38.2 Å². The van der Waals surface area contributed by atoms with Crippen LogP contribution in [-0.4, -0.2) is 88.7 Å². The van der Waals surface area contributed by atoms with E-state index in [0.29, 0.717) is 49.7 Å². The van der Waals surface area contributed by atoms with Crippen LogP contribution >= 0.6 is 0 Å². The monoisotopic (exact) mass is 704 g/mol. The van der Waals surface area contributed by atoms with Crippen LogP contribution in [0.5, 0.6) is 0 Å². The zero-order valence-corrected chi connectivity index (χ0v) is 31.2. The predicted octanol–water partition coefficient (Wildman–Crippen LogP) is 4.16. The summed E-state index contributed by atoms with van der Waals surface area (Å²) in [5, 5.41) is 11.1. The molecule has 0 saturated heterocycles. The summed E-state index contributed by atoms with van der Waals surface area (Å²) >= 11 is 0. The fourth-order valence-electron chi connectivity index (χ4n) is 5.42. The lowest BCUT2D eigenvalue weighted by Gasteiger charge is -2.35. The molecule has 6 N–H and O–H groups in total. The highest BCUT2D eigenvalue weighted by Crippen LogP contribution is 2.24. The van der Waals surface area contributed by atoms with Gasteiger partial charge in [0, 0.05) is 25.7 Å². The quantitative estimate of drug-likeness (QED) is 0.117. The van der Waals surface area contributed by atoms with Crippen LogP contribution in [0.25, 0.3) is 0 Å². The highest BCUT2D eigenvalue weighted by atomic mass is 16.6. The van der Waals surface area contributed by atoms with Crippen molar-refractivity contribution >= 4 is 35.8 Å². The van der Waals surface area contributed by atoms with Crippen molar-refractivity contribution in [1.29, 1.82) is 0 Å². The van der Waals surface area contributed by atoms with Gasteiger partial charge in [0.1, 0.15) is 22.3 Å². The molecular weight excluding hydrogens is 646 g/mol. The number of hydrogen-bond acceptors (Lipinski definition) is 9. The average Bonchev–Trinajstić information content (AvgIpc) is 3.23. The van der Waals surface area contributed by atoms with Crippen LogP contribution in [-0.2, 0) is 19.1 Å². The predicted molar refractivity (Wildman–Crippen MR) is 189 cm³/mol. The Morgan fingerprint density at radius 3 is 1.88 bits per heavy atom. The number of nitrogens with two attached hydrogens (primary N) is 1. The Morgan fingerprint density at radius 2 is 1.36 bits per heavy atom. The zero-order valence-electron chi connectivity index (χ0n) is 31.2. The van der Waals surface area contributed by atoms with Crippen molar-refractivity contribution in [3.8, 4) is 0 Å². The SMILES string of the molecule is CCCC(N)C(C)(NC(=O)OC(C)(C)C)C(=O)NCCCC[16NH]C(=O)C(C)(CCCCN1C(=O)c2ccccc2C1=O)NC(=O)OC(C)(C)C. The number of alkyl carbamates (subject to hydrolysis) is 2. The molecule has 0 fully saturated rings. The highest BCUT2D eigenvalue weighted by molar-refractivity contribution is 6.21. The normalized spacial score (nSPS) is 16.0. The van der Waals surface area contributed by atoms with Crippen molar-refractivity contribution in [2.24, 2.45) is 5.73 Å². The standard InChI is InChI=1S/C36H58N6O8/c1-10-17-26(37)36(9,41-32(48)50-34(5,6)7)30(46)39-22-15-14-21-38-29(45)35(8,40-31(47)49-33(2,3)4)20-13-16-23-42-27(43)24-18-11-12-19-25(24)28(42)44/h11-12,18-19,26H,10,13-17,20-23,37H2,1-9H3,(H,38,45)(H,39,46)(H,40,47)(H,41,48)/i38+2. The number of carbonyl (C=O) groups excluding carboxylic acids is 6. The topological polar surface area (TPSA) is 198 Å². The van der Waals surface area contributed by atoms with E-state index < -0.39 is 52.3 Å². The first-order chi connectivity index (χ1) is 23.1. The summed E-state index contributed by atoms with van der Waals surface area (Å²) in [6.45, 7) is 16.2. The molecule has 0 saturated carbocycles. The number of unbranched alkanes of at least 4 members (excludes halogenated alkanes) is 2. The smallest absolute Gasteiger partial charge is 0.408 e. The Bertz CT molecular complexity index is 1350. The molecule has 1 aromatic rings. The van der Waals surface area contributed by atoms with E-state index in [-0.39, 0.29) is 37.9 Å². The number of carbonyl (C=O) groups is 6. The highest BCUT2D eigenvalue weighted by Gasteiger charge is 2.42. The average molecular weight is 705 g/mol. The Kier molecular flexibility index (Phi) is 14.8. The molecule has 14 nitrogen and oxygen atoms in total. The van der Waals surface area contributed by atoms with Crippen molar-refractivity contribution in [3.63, 3.8) is 0 Å². The molecule has 0 aromatic heterocycles.